The van der Waals surface area contributed by atoms with Gasteiger partial charge in [-0.1, -0.05) is 170 Å². The van der Waals surface area contributed by atoms with E-state index in [1.807, 2.05) is 47.7 Å². The summed E-state index contributed by atoms with van der Waals surface area (Å²) in [5, 5.41) is 5.08. The highest BCUT2D eigenvalue weighted by atomic mass is 32.1. The van der Waals surface area contributed by atoms with Crippen LogP contribution < -0.4 is 0 Å². The van der Waals surface area contributed by atoms with Gasteiger partial charge in [0.05, 0.1) is 15.7 Å². The van der Waals surface area contributed by atoms with E-state index in [4.69, 9.17) is 15.0 Å². The molecule has 0 saturated heterocycles. The van der Waals surface area contributed by atoms with Crippen LogP contribution >= 0.6 is 11.3 Å². The number of thiophene rings is 1. The number of hydrogen-bond donors (Lipinski definition) is 0. The van der Waals surface area contributed by atoms with Crippen molar-refractivity contribution in [1.82, 2.24) is 19.5 Å². The fourth-order valence-corrected chi connectivity index (χ4v) is 9.37. The molecule has 0 amide bonds. The molecule has 0 aliphatic heterocycles. The lowest BCUT2D eigenvalue weighted by Crippen LogP contribution is -2.00. The van der Waals surface area contributed by atoms with Crippen molar-refractivity contribution in [3.63, 3.8) is 0 Å². The maximum Gasteiger partial charge on any atom is 0.164 e. The summed E-state index contributed by atoms with van der Waals surface area (Å²) in [5.74, 6) is 1.93. The number of nitrogens with zero attached hydrogens (tertiary/aromatic N) is 4. The third-order valence-corrected chi connectivity index (χ3v) is 11.9. The summed E-state index contributed by atoms with van der Waals surface area (Å²) in [6.45, 7) is 0. The van der Waals surface area contributed by atoms with E-state index in [2.05, 4.69) is 162 Å². The molecule has 11 rings (SSSR count). The van der Waals surface area contributed by atoms with Gasteiger partial charge < -0.3 is 4.57 Å². The van der Waals surface area contributed by atoms with Crippen LogP contribution in [0.3, 0.4) is 0 Å². The molecule has 0 aliphatic rings. The Morgan fingerprint density at radius 3 is 1.61 bits per heavy atom. The summed E-state index contributed by atoms with van der Waals surface area (Å²) in [7, 11) is 0. The molecule has 5 heteroatoms. The molecule has 3 aromatic heterocycles. The quantitative estimate of drug-likeness (QED) is 0.171. The van der Waals surface area contributed by atoms with Gasteiger partial charge in [0.15, 0.2) is 17.5 Å². The molecular weight excluding hydrogens is 701 g/mol. The zero-order valence-corrected chi connectivity index (χ0v) is 31.0. The van der Waals surface area contributed by atoms with Gasteiger partial charge in [0.2, 0.25) is 0 Å². The van der Waals surface area contributed by atoms with Crippen molar-refractivity contribution in [2.24, 2.45) is 0 Å². The minimum Gasteiger partial charge on any atom is -0.308 e. The Morgan fingerprint density at radius 2 is 0.857 bits per heavy atom. The molecule has 0 fully saturated rings. The van der Waals surface area contributed by atoms with Gasteiger partial charge in [-0.3, -0.25) is 0 Å². The Morgan fingerprint density at radius 1 is 0.339 bits per heavy atom. The Hall–Kier alpha value is -7.21. The maximum atomic E-state index is 5.07. The molecule has 3 heterocycles. The van der Waals surface area contributed by atoms with Gasteiger partial charge in [0.1, 0.15) is 0 Å². The fourth-order valence-electron chi connectivity index (χ4n) is 7.99. The lowest BCUT2D eigenvalue weighted by molar-refractivity contribution is 1.07. The molecule has 0 spiro atoms. The zero-order chi connectivity index (χ0) is 37.0. The van der Waals surface area contributed by atoms with E-state index >= 15 is 0 Å². The number of fused-ring (bicyclic) bond motifs is 7. The molecule has 8 aromatic carbocycles. The van der Waals surface area contributed by atoms with Gasteiger partial charge >= 0.3 is 0 Å². The van der Waals surface area contributed by atoms with Gasteiger partial charge in [-0.25, -0.2) is 15.0 Å². The standard InChI is InChI=1S/C51H32N4S/c1-4-14-33(15-5-1)37-18-12-19-38(32-37)51-53-49(35-16-6-2-7-17-35)52-50(54-51)36-28-26-34(27-29-36)40-23-13-24-43-44-31-30-42-41-22-10-11-25-45(41)55(39-20-8-3-9-21-39)46(42)48(44)56-47(40)43/h1-32H. The second-order valence-electron chi connectivity index (χ2n) is 14.0. The predicted molar refractivity (Wildman–Crippen MR) is 234 cm³/mol. The van der Waals surface area contributed by atoms with Crippen LogP contribution in [0.5, 0.6) is 0 Å². The first-order valence-corrected chi connectivity index (χ1v) is 19.6. The number of benzene rings is 8. The van der Waals surface area contributed by atoms with Crippen molar-refractivity contribution in [3.8, 4) is 62.1 Å². The average molecular weight is 733 g/mol. The molecule has 0 bridgehead atoms. The van der Waals surface area contributed by atoms with Crippen molar-refractivity contribution in [3.05, 3.63) is 194 Å². The Kier molecular flexibility index (Phi) is 7.64. The highest BCUT2D eigenvalue weighted by Crippen LogP contribution is 2.45. The highest BCUT2D eigenvalue weighted by Gasteiger charge is 2.19. The molecule has 262 valence electrons. The second-order valence-corrected chi connectivity index (χ2v) is 15.0. The molecule has 4 nitrogen and oxygen atoms in total. The van der Waals surface area contributed by atoms with Crippen molar-refractivity contribution in [2.45, 2.75) is 0 Å². The molecular formula is C51H32N4S. The van der Waals surface area contributed by atoms with E-state index in [1.54, 1.807) is 0 Å². The largest absolute Gasteiger partial charge is 0.308 e. The fraction of sp³-hybridized carbons (Fsp3) is 0. The van der Waals surface area contributed by atoms with Crippen LogP contribution in [-0.4, -0.2) is 19.5 Å². The number of rotatable bonds is 6. The maximum absolute atomic E-state index is 5.07. The van der Waals surface area contributed by atoms with E-state index in [9.17, 15) is 0 Å². The highest BCUT2D eigenvalue weighted by molar-refractivity contribution is 7.27. The molecule has 0 unspecified atom stereocenters. The summed E-state index contributed by atoms with van der Waals surface area (Å²) in [4.78, 5) is 15.1. The summed E-state index contributed by atoms with van der Waals surface area (Å²) in [5.41, 5.74) is 11.1. The topological polar surface area (TPSA) is 43.6 Å². The molecule has 0 saturated carbocycles. The summed E-state index contributed by atoms with van der Waals surface area (Å²) >= 11 is 1.88. The zero-order valence-electron chi connectivity index (χ0n) is 30.2. The van der Waals surface area contributed by atoms with Crippen LogP contribution in [0.1, 0.15) is 0 Å². The van der Waals surface area contributed by atoms with E-state index in [-0.39, 0.29) is 0 Å². The van der Waals surface area contributed by atoms with Gasteiger partial charge in [0, 0.05) is 48.6 Å². The Balaban J connectivity index is 1.04. The van der Waals surface area contributed by atoms with Crippen molar-refractivity contribution in [2.75, 3.05) is 0 Å². The van der Waals surface area contributed by atoms with Crippen LogP contribution in [0.4, 0.5) is 0 Å². The van der Waals surface area contributed by atoms with Crippen molar-refractivity contribution >= 4 is 53.3 Å². The minimum absolute atomic E-state index is 0.640. The number of para-hydroxylation sites is 2. The summed E-state index contributed by atoms with van der Waals surface area (Å²) < 4.78 is 5.00. The second kappa shape index (κ2) is 13.3. The first kappa shape index (κ1) is 32.2. The van der Waals surface area contributed by atoms with Crippen LogP contribution in [0.25, 0.3) is 104 Å². The first-order valence-electron chi connectivity index (χ1n) is 18.8. The number of hydrogen-bond acceptors (Lipinski definition) is 4. The lowest BCUT2D eigenvalue weighted by Gasteiger charge is -2.10. The van der Waals surface area contributed by atoms with Gasteiger partial charge in [-0.15, -0.1) is 11.3 Å². The monoisotopic (exact) mass is 732 g/mol. The lowest BCUT2D eigenvalue weighted by atomic mass is 10.0. The van der Waals surface area contributed by atoms with Crippen LogP contribution in [-0.2, 0) is 0 Å². The minimum atomic E-state index is 0.640. The SMILES string of the molecule is c1ccc(-c2cccc(-c3nc(-c4ccccc4)nc(-c4ccc(-c5cccc6c5sc5c6ccc6c7ccccc7n(-c7ccccc7)c65)cc4)n3)c2)cc1. The molecule has 11 aromatic rings. The predicted octanol–water partition coefficient (Wildman–Crippen LogP) is 13.7. The van der Waals surface area contributed by atoms with Crippen molar-refractivity contribution in [1.29, 1.82) is 0 Å². The van der Waals surface area contributed by atoms with E-state index in [0.29, 0.717) is 17.5 Å². The smallest absolute Gasteiger partial charge is 0.164 e. The summed E-state index contributed by atoms with van der Waals surface area (Å²) in [6, 6.07) is 68.4. The molecule has 0 radical (unpaired) electrons. The Bertz CT molecular complexity index is 3220. The third-order valence-electron chi connectivity index (χ3n) is 10.7. The van der Waals surface area contributed by atoms with E-state index in [0.717, 1.165) is 33.4 Å². The Labute approximate surface area is 327 Å². The molecule has 56 heavy (non-hydrogen) atoms. The third kappa shape index (κ3) is 5.40. The normalized spacial score (nSPS) is 11.6. The van der Waals surface area contributed by atoms with Crippen LogP contribution in [0.2, 0.25) is 0 Å². The molecule has 0 atom stereocenters. The molecule has 0 N–H and O–H groups in total. The van der Waals surface area contributed by atoms with Crippen molar-refractivity contribution < 1.29 is 0 Å². The first-order chi connectivity index (χ1) is 27.8. The van der Waals surface area contributed by atoms with Gasteiger partial charge in [-0.2, -0.15) is 0 Å². The van der Waals surface area contributed by atoms with Crippen LogP contribution in [0.15, 0.2) is 194 Å². The van der Waals surface area contributed by atoms with Gasteiger partial charge in [0.25, 0.3) is 0 Å². The van der Waals surface area contributed by atoms with Gasteiger partial charge in [-0.05, 0) is 46.5 Å². The average Bonchev–Trinajstić information content (AvgIpc) is 3.84. The number of aromatic nitrogens is 4. The summed E-state index contributed by atoms with van der Waals surface area (Å²) in [6.07, 6.45) is 0. The van der Waals surface area contributed by atoms with E-state index in [1.165, 1.54) is 53.2 Å². The van der Waals surface area contributed by atoms with Crippen LogP contribution in [0, 0.1) is 0 Å². The van der Waals surface area contributed by atoms with E-state index < -0.39 is 0 Å². The molecule has 0 aliphatic carbocycles.